The van der Waals surface area contributed by atoms with Crippen LogP contribution in [0.3, 0.4) is 0 Å². The van der Waals surface area contributed by atoms with Crippen LogP contribution in [0.25, 0.3) is 0 Å². The van der Waals surface area contributed by atoms with Gasteiger partial charge in [-0.1, -0.05) is 42.3 Å². The summed E-state index contributed by atoms with van der Waals surface area (Å²) in [7, 11) is 0. The number of ether oxygens (including phenoxy) is 1. The lowest BCUT2D eigenvalue weighted by molar-refractivity contribution is 0.356. The molecule has 1 unspecified atom stereocenters. The van der Waals surface area contributed by atoms with E-state index in [-0.39, 0.29) is 0 Å². The van der Waals surface area contributed by atoms with Gasteiger partial charge in [0.2, 0.25) is 0 Å². The Morgan fingerprint density at radius 3 is 3.11 bits per heavy atom. The molecule has 1 aromatic rings. The summed E-state index contributed by atoms with van der Waals surface area (Å²) in [6, 6.07) is 6.64. The molecule has 2 nitrogen and oxygen atoms in total. The van der Waals surface area contributed by atoms with Gasteiger partial charge in [0, 0.05) is 11.6 Å². The van der Waals surface area contributed by atoms with Crippen molar-refractivity contribution in [3.63, 3.8) is 0 Å². The summed E-state index contributed by atoms with van der Waals surface area (Å²) < 4.78 is 5.72. The van der Waals surface area contributed by atoms with Gasteiger partial charge in [-0.25, -0.2) is 0 Å². The summed E-state index contributed by atoms with van der Waals surface area (Å²) in [5, 5.41) is 4.00. The molecule has 1 N–H and O–H groups in total. The molecule has 1 atom stereocenters. The number of nitrogens with one attached hydrogen (secondary N) is 1. The van der Waals surface area contributed by atoms with Gasteiger partial charge < -0.3 is 10.1 Å². The van der Waals surface area contributed by atoms with E-state index in [4.69, 9.17) is 27.9 Å². The van der Waals surface area contributed by atoms with Gasteiger partial charge in [0.15, 0.2) is 0 Å². The monoisotopic (exact) mass is 285 g/mol. The summed E-state index contributed by atoms with van der Waals surface area (Å²) >= 11 is 11.4. The maximum Gasteiger partial charge on any atom is 0.125 e. The molecular formula is C14H17Cl2NO. The first-order valence-electron chi connectivity index (χ1n) is 6.19. The van der Waals surface area contributed by atoms with Crippen LogP contribution in [0.2, 0.25) is 0 Å². The molecule has 1 aromatic carbocycles. The van der Waals surface area contributed by atoms with E-state index >= 15 is 0 Å². The van der Waals surface area contributed by atoms with Crippen LogP contribution in [0.1, 0.15) is 30.5 Å². The third-order valence-electron chi connectivity index (χ3n) is 3.16. The molecule has 4 heteroatoms. The number of rotatable bonds is 5. The summed E-state index contributed by atoms with van der Waals surface area (Å²) in [6.45, 7) is 3.44. The molecule has 1 aliphatic carbocycles. The maximum atomic E-state index is 5.84. The Bertz CT molecular complexity index is 445. The molecule has 0 amide bonds. The molecule has 0 heterocycles. The van der Waals surface area contributed by atoms with Gasteiger partial charge in [0.25, 0.3) is 0 Å². The fourth-order valence-corrected chi connectivity index (χ4v) is 2.51. The number of fused-ring (bicyclic) bond motifs is 1. The maximum absolute atomic E-state index is 5.84. The highest BCUT2D eigenvalue weighted by molar-refractivity contribution is 6.36. The first kappa shape index (κ1) is 13.7. The summed E-state index contributed by atoms with van der Waals surface area (Å²) in [6.07, 6.45) is 2.17. The summed E-state index contributed by atoms with van der Waals surface area (Å²) in [4.78, 5) is 0. The lowest BCUT2D eigenvalue weighted by Gasteiger charge is -2.14. The van der Waals surface area contributed by atoms with Gasteiger partial charge in [-0.3, -0.25) is 0 Å². The average molecular weight is 286 g/mol. The van der Waals surface area contributed by atoms with Crippen LogP contribution in [-0.4, -0.2) is 13.2 Å². The normalized spacial score (nSPS) is 18.8. The molecule has 0 radical (unpaired) electrons. The lowest BCUT2D eigenvalue weighted by atomic mass is 10.1. The van der Waals surface area contributed by atoms with Crippen LogP contribution < -0.4 is 10.1 Å². The highest BCUT2D eigenvalue weighted by atomic mass is 35.5. The van der Waals surface area contributed by atoms with Gasteiger partial charge >= 0.3 is 0 Å². The Balaban J connectivity index is 2.14. The lowest BCUT2D eigenvalue weighted by Crippen LogP contribution is -2.18. The molecule has 0 fully saturated rings. The van der Waals surface area contributed by atoms with Crippen molar-refractivity contribution in [3.8, 4) is 5.75 Å². The number of benzene rings is 1. The van der Waals surface area contributed by atoms with Gasteiger partial charge in [0.1, 0.15) is 12.4 Å². The number of hydrogen-bond acceptors (Lipinski definition) is 2. The second kappa shape index (κ2) is 6.46. The van der Waals surface area contributed by atoms with Crippen LogP contribution >= 0.6 is 23.2 Å². The number of halogens is 2. The summed E-state index contributed by atoms with van der Waals surface area (Å²) in [5.41, 5.74) is 3.98. The van der Waals surface area contributed by atoms with Crippen LogP contribution in [0.4, 0.5) is 0 Å². The molecule has 0 aliphatic heterocycles. The predicted octanol–water partition coefficient (Wildman–Crippen LogP) is 3.98. The minimum Gasteiger partial charge on any atom is -0.488 e. The SMILES string of the molecule is CCNC1CCc2c(OCC(Cl)=CCl)cccc21. The van der Waals surface area contributed by atoms with Gasteiger partial charge in [-0.05, 0) is 36.6 Å². The van der Waals surface area contributed by atoms with Crippen molar-refractivity contribution in [1.29, 1.82) is 0 Å². The van der Waals surface area contributed by atoms with E-state index in [2.05, 4.69) is 18.3 Å². The van der Waals surface area contributed by atoms with Gasteiger partial charge in [0.05, 0.1) is 5.03 Å². The van der Waals surface area contributed by atoms with Crippen molar-refractivity contribution in [3.05, 3.63) is 39.9 Å². The molecule has 0 spiro atoms. The Morgan fingerprint density at radius 2 is 2.39 bits per heavy atom. The topological polar surface area (TPSA) is 21.3 Å². The highest BCUT2D eigenvalue weighted by Crippen LogP contribution is 2.37. The Morgan fingerprint density at radius 1 is 1.56 bits per heavy atom. The standard InChI is InChI=1S/C14H17Cl2NO/c1-2-17-13-7-6-12-11(13)4-3-5-14(12)18-9-10(16)8-15/h3-5,8,13,17H,2,6-7,9H2,1H3. The molecular weight excluding hydrogens is 269 g/mol. The molecule has 98 valence electrons. The molecule has 18 heavy (non-hydrogen) atoms. The van der Waals surface area contributed by atoms with Crippen molar-refractivity contribution < 1.29 is 4.74 Å². The molecule has 0 saturated carbocycles. The van der Waals surface area contributed by atoms with E-state index in [9.17, 15) is 0 Å². The third-order valence-corrected chi connectivity index (χ3v) is 3.76. The van der Waals surface area contributed by atoms with E-state index < -0.39 is 0 Å². The Kier molecular flexibility index (Phi) is 4.93. The first-order chi connectivity index (χ1) is 8.76. The average Bonchev–Trinajstić information content (AvgIpc) is 2.80. The Hall–Kier alpha value is -0.700. The zero-order valence-corrected chi connectivity index (χ0v) is 11.9. The van der Waals surface area contributed by atoms with Crippen molar-refractivity contribution in [1.82, 2.24) is 5.32 Å². The second-order valence-corrected chi connectivity index (χ2v) is 5.02. The third kappa shape index (κ3) is 3.00. The first-order valence-corrected chi connectivity index (χ1v) is 7.00. The van der Waals surface area contributed by atoms with Crippen molar-refractivity contribution in [2.24, 2.45) is 0 Å². The van der Waals surface area contributed by atoms with E-state index in [1.54, 1.807) is 0 Å². The van der Waals surface area contributed by atoms with Crippen molar-refractivity contribution in [2.45, 2.75) is 25.8 Å². The predicted molar refractivity (Wildman–Crippen MR) is 76.5 cm³/mol. The molecule has 0 bridgehead atoms. The van der Waals surface area contributed by atoms with Crippen molar-refractivity contribution in [2.75, 3.05) is 13.2 Å². The Labute approximate surface area is 118 Å². The minimum absolute atomic E-state index is 0.327. The molecule has 0 saturated heterocycles. The zero-order chi connectivity index (χ0) is 13.0. The van der Waals surface area contributed by atoms with Crippen LogP contribution in [-0.2, 0) is 6.42 Å². The molecule has 0 aromatic heterocycles. The minimum atomic E-state index is 0.327. The smallest absolute Gasteiger partial charge is 0.125 e. The van der Waals surface area contributed by atoms with Crippen LogP contribution in [0.5, 0.6) is 5.75 Å². The van der Waals surface area contributed by atoms with Crippen LogP contribution in [0, 0.1) is 0 Å². The largest absolute Gasteiger partial charge is 0.488 e. The van der Waals surface area contributed by atoms with Crippen molar-refractivity contribution >= 4 is 23.2 Å². The van der Waals surface area contributed by atoms with Gasteiger partial charge in [-0.2, -0.15) is 0 Å². The fraction of sp³-hybridized carbons (Fsp3) is 0.429. The quantitative estimate of drug-likeness (QED) is 0.884. The highest BCUT2D eigenvalue weighted by Gasteiger charge is 2.24. The van der Waals surface area contributed by atoms with E-state index in [0.717, 1.165) is 25.1 Å². The van der Waals surface area contributed by atoms with E-state index in [0.29, 0.717) is 17.7 Å². The molecule has 1 aliphatic rings. The van der Waals surface area contributed by atoms with E-state index in [1.807, 2.05) is 12.1 Å². The fourth-order valence-electron chi connectivity index (χ4n) is 2.39. The second-order valence-electron chi connectivity index (χ2n) is 4.32. The van der Waals surface area contributed by atoms with Crippen LogP contribution in [0.15, 0.2) is 28.8 Å². The number of hydrogen-bond donors (Lipinski definition) is 1. The van der Waals surface area contributed by atoms with Gasteiger partial charge in [-0.15, -0.1) is 0 Å². The zero-order valence-electron chi connectivity index (χ0n) is 10.4. The molecule has 2 rings (SSSR count). The summed E-state index contributed by atoms with van der Waals surface area (Å²) in [5.74, 6) is 0.921. The van der Waals surface area contributed by atoms with E-state index in [1.165, 1.54) is 16.7 Å².